The van der Waals surface area contributed by atoms with Gasteiger partial charge in [0.25, 0.3) is 11.5 Å². The molecule has 0 aliphatic heterocycles. The summed E-state index contributed by atoms with van der Waals surface area (Å²) in [5.74, 6) is -0.871. The minimum atomic E-state index is -4.61. The number of hydrogen-bond donors (Lipinski definition) is 1. The highest BCUT2D eigenvalue weighted by Crippen LogP contribution is 2.34. The molecule has 0 aliphatic carbocycles. The summed E-state index contributed by atoms with van der Waals surface area (Å²) in [6.07, 6.45) is -3.08. The van der Waals surface area contributed by atoms with Gasteiger partial charge in [-0.15, -0.1) is 0 Å². The average molecular weight is 458 g/mol. The Balaban J connectivity index is 1.77. The number of alkyl halides is 3. The molecule has 2 aromatic carbocycles. The van der Waals surface area contributed by atoms with Gasteiger partial charge in [0.05, 0.1) is 22.8 Å². The van der Waals surface area contributed by atoms with E-state index in [0.29, 0.717) is 11.0 Å². The number of nitrogens with one attached hydrogen (secondary N) is 1. The lowest BCUT2D eigenvalue weighted by atomic mass is 10.1. The number of aromatic nitrogens is 2. The molecule has 32 heavy (non-hydrogen) atoms. The number of rotatable bonds is 4. The van der Waals surface area contributed by atoms with Crippen molar-refractivity contribution in [2.45, 2.75) is 12.7 Å². The summed E-state index contributed by atoms with van der Waals surface area (Å²) in [5, 5.41) is 2.78. The van der Waals surface area contributed by atoms with Crippen molar-refractivity contribution < 1.29 is 18.0 Å². The Hall–Kier alpha value is -3.65. The SMILES string of the molecule is O=C(Nc1cc(C(F)(F)F)ccc1Cl)c1cc2cccnc2n(Cc2ccccc2)c1=O. The molecule has 0 radical (unpaired) electrons. The molecule has 0 unspecified atom stereocenters. The van der Waals surface area contributed by atoms with Gasteiger partial charge < -0.3 is 5.32 Å². The van der Waals surface area contributed by atoms with Gasteiger partial charge in [0, 0.05) is 11.6 Å². The summed E-state index contributed by atoms with van der Waals surface area (Å²) < 4.78 is 40.5. The number of benzene rings is 2. The molecular weight excluding hydrogens is 443 g/mol. The second-order valence-corrected chi connectivity index (χ2v) is 7.40. The molecular formula is C23H15ClF3N3O2. The van der Waals surface area contributed by atoms with E-state index < -0.39 is 23.2 Å². The van der Waals surface area contributed by atoms with Crippen molar-refractivity contribution in [1.29, 1.82) is 0 Å². The van der Waals surface area contributed by atoms with E-state index in [2.05, 4.69) is 10.3 Å². The third-order valence-electron chi connectivity index (χ3n) is 4.82. The minimum Gasteiger partial charge on any atom is -0.320 e. The first-order valence-corrected chi connectivity index (χ1v) is 9.82. The standard InChI is InChI=1S/C23H15ClF3N3O2/c24-18-9-8-16(23(25,26)27)12-19(18)29-21(31)17-11-15-7-4-10-28-20(15)30(22(17)32)13-14-5-2-1-3-6-14/h1-12H,13H2,(H,29,31). The van der Waals surface area contributed by atoms with Crippen LogP contribution in [0.5, 0.6) is 0 Å². The van der Waals surface area contributed by atoms with Gasteiger partial charge in [0.1, 0.15) is 11.2 Å². The highest BCUT2D eigenvalue weighted by molar-refractivity contribution is 6.34. The lowest BCUT2D eigenvalue weighted by Gasteiger charge is -2.14. The van der Waals surface area contributed by atoms with Crippen LogP contribution in [0.1, 0.15) is 21.5 Å². The molecule has 2 heterocycles. The fourth-order valence-corrected chi connectivity index (χ4v) is 3.43. The Labute approximate surface area is 185 Å². The molecule has 0 fully saturated rings. The summed E-state index contributed by atoms with van der Waals surface area (Å²) in [4.78, 5) is 30.4. The molecule has 5 nitrogen and oxygen atoms in total. The zero-order chi connectivity index (χ0) is 22.9. The maximum absolute atomic E-state index is 13.2. The van der Waals surface area contributed by atoms with Gasteiger partial charge in [-0.25, -0.2) is 4.98 Å². The number of halogens is 4. The van der Waals surface area contributed by atoms with Crippen LogP contribution in [-0.2, 0) is 12.7 Å². The topological polar surface area (TPSA) is 64.0 Å². The fourth-order valence-electron chi connectivity index (χ4n) is 3.27. The van der Waals surface area contributed by atoms with E-state index in [1.807, 2.05) is 30.3 Å². The van der Waals surface area contributed by atoms with E-state index in [9.17, 15) is 22.8 Å². The van der Waals surface area contributed by atoms with Crippen LogP contribution >= 0.6 is 11.6 Å². The van der Waals surface area contributed by atoms with Gasteiger partial charge in [-0.1, -0.05) is 41.9 Å². The van der Waals surface area contributed by atoms with Gasteiger partial charge in [0.2, 0.25) is 0 Å². The zero-order valence-electron chi connectivity index (χ0n) is 16.4. The van der Waals surface area contributed by atoms with Crippen LogP contribution in [0.2, 0.25) is 5.02 Å². The quantitative estimate of drug-likeness (QED) is 0.448. The van der Waals surface area contributed by atoms with Crippen LogP contribution in [0.3, 0.4) is 0 Å². The number of carbonyl (C=O) groups is 1. The van der Waals surface area contributed by atoms with Gasteiger partial charge in [-0.05, 0) is 42.0 Å². The van der Waals surface area contributed by atoms with E-state index in [-0.39, 0.29) is 22.8 Å². The van der Waals surface area contributed by atoms with Crippen LogP contribution in [0.25, 0.3) is 11.0 Å². The number of anilines is 1. The number of pyridine rings is 2. The number of amides is 1. The number of fused-ring (bicyclic) bond motifs is 1. The van der Waals surface area contributed by atoms with Crippen molar-refractivity contribution in [3.8, 4) is 0 Å². The Kier molecular flexibility index (Phi) is 5.71. The number of nitrogens with zero attached hydrogens (tertiary/aromatic N) is 2. The monoisotopic (exact) mass is 457 g/mol. The summed E-state index contributed by atoms with van der Waals surface area (Å²) in [6.45, 7) is 0.165. The minimum absolute atomic E-state index is 0.0848. The Morgan fingerprint density at radius 2 is 1.78 bits per heavy atom. The first-order valence-electron chi connectivity index (χ1n) is 9.44. The molecule has 0 aliphatic rings. The molecule has 1 amide bonds. The highest BCUT2D eigenvalue weighted by atomic mass is 35.5. The first kappa shape index (κ1) is 21.6. The molecule has 9 heteroatoms. The molecule has 0 bridgehead atoms. The van der Waals surface area contributed by atoms with Crippen LogP contribution < -0.4 is 10.9 Å². The smallest absolute Gasteiger partial charge is 0.320 e. The van der Waals surface area contributed by atoms with Gasteiger partial charge >= 0.3 is 6.18 Å². The van der Waals surface area contributed by atoms with Crippen molar-refractivity contribution >= 4 is 34.2 Å². The molecule has 0 spiro atoms. The summed E-state index contributed by atoms with van der Waals surface area (Å²) in [7, 11) is 0. The van der Waals surface area contributed by atoms with E-state index in [0.717, 1.165) is 23.8 Å². The molecule has 0 saturated carbocycles. The lowest BCUT2D eigenvalue weighted by molar-refractivity contribution is -0.137. The second-order valence-electron chi connectivity index (χ2n) is 7.00. The van der Waals surface area contributed by atoms with Gasteiger partial charge in [-0.2, -0.15) is 13.2 Å². The van der Waals surface area contributed by atoms with E-state index in [4.69, 9.17) is 11.6 Å². The largest absolute Gasteiger partial charge is 0.416 e. The van der Waals surface area contributed by atoms with E-state index in [1.165, 1.54) is 16.8 Å². The van der Waals surface area contributed by atoms with E-state index >= 15 is 0 Å². The summed E-state index contributed by atoms with van der Waals surface area (Å²) >= 11 is 5.98. The van der Waals surface area contributed by atoms with Crippen molar-refractivity contribution in [1.82, 2.24) is 9.55 Å². The maximum atomic E-state index is 13.2. The number of hydrogen-bond acceptors (Lipinski definition) is 3. The Morgan fingerprint density at radius 3 is 2.50 bits per heavy atom. The van der Waals surface area contributed by atoms with E-state index in [1.54, 1.807) is 12.1 Å². The predicted molar refractivity (Wildman–Crippen MR) is 116 cm³/mol. The molecule has 1 N–H and O–H groups in total. The van der Waals surface area contributed by atoms with Crippen molar-refractivity contribution in [2.75, 3.05) is 5.32 Å². The summed E-state index contributed by atoms with van der Waals surface area (Å²) in [6, 6.07) is 16.4. The normalized spacial score (nSPS) is 11.5. The van der Waals surface area contributed by atoms with Crippen molar-refractivity contribution in [3.05, 3.63) is 105 Å². The van der Waals surface area contributed by atoms with Crippen molar-refractivity contribution in [2.24, 2.45) is 0 Å². The van der Waals surface area contributed by atoms with Crippen LogP contribution in [0.4, 0.5) is 18.9 Å². The number of carbonyl (C=O) groups excluding carboxylic acids is 1. The molecule has 0 atom stereocenters. The third-order valence-corrected chi connectivity index (χ3v) is 5.15. The van der Waals surface area contributed by atoms with Gasteiger partial charge in [0.15, 0.2) is 0 Å². The Bertz CT molecular complexity index is 1370. The first-order chi connectivity index (χ1) is 15.2. The predicted octanol–water partition coefficient (Wildman–Crippen LogP) is 5.37. The maximum Gasteiger partial charge on any atom is 0.416 e. The fraction of sp³-hybridized carbons (Fsp3) is 0.0870. The van der Waals surface area contributed by atoms with Crippen LogP contribution in [-0.4, -0.2) is 15.5 Å². The highest BCUT2D eigenvalue weighted by Gasteiger charge is 2.31. The molecule has 4 rings (SSSR count). The third kappa shape index (κ3) is 4.36. The molecule has 2 aromatic heterocycles. The average Bonchev–Trinajstić information content (AvgIpc) is 2.77. The lowest BCUT2D eigenvalue weighted by Crippen LogP contribution is -2.30. The summed E-state index contributed by atoms with van der Waals surface area (Å²) in [5.41, 5.74) is -0.876. The zero-order valence-corrected chi connectivity index (χ0v) is 17.1. The van der Waals surface area contributed by atoms with Crippen LogP contribution in [0.15, 0.2) is 77.7 Å². The van der Waals surface area contributed by atoms with Crippen molar-refractivity contribution in [3.63, 3.8) is 0 Å². The van der Waals surface area contributed by atoms with Crippen LogP contribution in [0, 0.1) is 0 Å². The molecule has 0 saturated heterocycles. The second kappa shape index (κ2) is 8.47. The molecule has 4 aromatic rings. The Morgan fingerprint density at radius 1 is 1.03 bits per heavy atom. The molecule has 162 valence electrons. The van der Waals surface area contributed by atoms with Gasteiger partial charge in [-0.3, -0.25) is 14.2 Å².